The van der Waals surface area contributed by atoms with Gasteiger partial charge in [-0.3, -0.25) is 9.78 Å². The Hall–Kier alpha value is -3.59. The number of Topliss-reactive ketones (excluding diaryl/α,β-unsaturated/α-hetero) is 1. The molecule has 1 saturated heterocycles. The Kier molecular flexibility index (Phi) is 5.20. The summed E-state index contributed by atoms with van der Waals surface area (Å²) in [6, 6.07) is 13.8. The monoisotopic (exact) mass is 461 g/mol. The molecule has 3 aromatic heterocycles. The molecule has 0 atom stereocenters. The second-order valence-electron chi connectivity index (χ2n) is 8.33. The van der Waals surface area contributed by atoms with Crippen LogP contribution in [0.1, 0.15) is 41.7 Å². The third-order valence-electron chi connectivity index (χ3n) is 6.15. The summed E-state index contributed by atoms with van der Waals surface area (Å²) < 4.78 is 25.3. The minimum atomic E-state index is -3.05. The van der Waals surface area contributed by atoms with Crippen LogP contribution in [0.15, 0.2) is 54.9 Å². The van der Waals surface area contributed by atoms with E-state index in [1.165, 1.54) is 11.4 Å². The van der Waals surface area contributed by atoms with Crippen LogP contribution in [0.5, 0.6) is 0 Å². The number of aromatic nitrogens is 4. The normalized spacial score (nSPS) is 16.2. The van der Waals surface area contributed by atoms with Gasteiger partial charge < -0.3 is 5.73 Å². The van der Waals surface area contributed by atoms with E-state index in [4.69, 9.17) is 10.7 Å². The topological polar surface area (TPSA) is 120 Å². The highest BCUT2D eigenvalue weighted by molar-refractivity contribution is 7.91. The highest BCUT2D eigenvalue weighted by Crippen LogP contribution is 2.35. The molecule has 1 fully saturated rings. The van der Waals surface area contributed by atoms with Gasteiger partial charge in [0.2, 0.25) is 0 Å². The lowest BCUT2D eigenvalue weighted by molar-refractivity contribution is 0.101. The fourth-order valence-corrected chi connectivity index (χ4v) is 5.88. The molecule has 5 rings (SSSR count). The van der Waals surface area contributed by atoms with Gasteiger partial charge in [-0.25, -0.2) is 13.4 Å². The molecule has 0 aliphatic carbocycles. The van der Waals surface area contributed by atoms with Crippen molar-refractivity contribution in [3.8, 4) is 22.4 Å². The molecular formula is C24H23N5O3S. The van der Waals surface area contributed by atoms with Crippen molar-refractivity contribution in [2.45, 2.75) is 25.7 Å². The first-order chi connectivity index (χ1) is 15.8. The molecule has 0 unspecified atom stereocenters. The second kappa shape index (κ2) is 8.08. The van der Waals surface area contributed by atoms with Gasteiger partial charge in [0, 0.05) is 28.8 Å². The molecule has 0 bridgehead atoms. The first-order valence-electron chi connectivity index (χ1n) is 10.7. The standard InChI is InChI=1S/C24H23N5O3S/c1-15(30)21-22(17-9-11-33(31,32)12-10-17)28-24-19(14-27-29(24)23(21)25)18-7-8-20(26-13-18)16-5-3-2-4-6-16/h2-8,13-14,17H,9-12,25H2,1H3. The van der Waals surface area contributed by atoms with Gasteiger partial charge in [0.05, 0.1) is 34.7 Å². The minimum Gasteiger partial charge on any atom is -0.383 e. The van der Waals surface area contributed by atoms with Gasteiger partial charge in [0.1, 0.15) is 15.7 Å². The Bertz CT molecular complexity index is 1450. The molecule has 1 aliphatic heterocycles. The van der Waals surface area contributed by atoms with Gasteiger partial charge in [0.15, 0.2) is 11.4 Å². The summed E-state index contributed by atoms with van der Waals surface area (Å²) in [5.41, 5.74) is 11.2. The number of benzene rings is 1. The van der Waals surface area contributed by atoms with Crippen LogP contribution >= 0.6 is 0 Å². The number of pyridine rings is 1. The van der Waals surface area contributed by atoms with Crippen molar-refractivity contribution < 1.29 is 13.2 Å². The maximum absolute atomic E-state index is 12.5. The van der Waals surface area contributed by atoms with Crippen molar-refractivity contribution in [1.82, 2.24) is 19.6 Å². The number of ketones is 1. The van der Waals surface area contributed by atoms with Crippen molar-refractivity contribution in [2.75, 3.05) is 17.2 Å². The summed E-state index contributed by atoms with van der Waals surface area (Å²) in [7, 11) is -3.05. The van der Waals surface area contributed by atoms with Gasteiger partial charge >= 0.3 is 0 Å². The maximum atomic E-state index is 12.5. The number of hydrogen-bond donors (Lipinski definition) is 1. The zero-order valence-corrected chi connectivity index (χ0v) is 18.9. The Labute approximate surface area is 191 Å². The number of sulfone groups is 1. The number of fused-ring (bicyclic) bond motifs is 1. The molecule has 168 valence electrons. The molecule has 0 amide bonds. The summed E-state index contributed by atoms with van der Waals surface area (Å²) in [5.74, 6) is 0.0192. The van der Waals surface area contributed by atoms with Gasteiger partial charge in [-0.2, -0.15) is 9.61 Å². The van der Waals surface area contributed by atoms with Crippen molar-refractivity contribution in [1.29, 1.82) is 0 Å². The van der Waals surface area contributed by atoms with Crippen LogP contribution in [0.2, 0.25) is 0 Å². The number of carbonyl (C=O) groups is 1. The van der Waals surface area contributed by atoms with E-state index in [9.17, 15) is 13.2 Å². The molecular weight excluding hydrogens is 438 g/mol. The molecule has 1 aromatic carbocycles. The fourth-order valence-electron chi connectivity index (χ4n) is 4.39. The van der Waals surface area contributed by atoms with Crippen molar-refractivity contribution in [3.63, 3.8) is 0 Å². The molecule has 0 spiro atoms. The molecule has 4 aromatic rings. The average Bonchev–Trinajstić information content (AvgIpc) is 3.24. The lowest BCUT2D eigenvalue weighted by Gasteiger charge is -2.24. The average molecular weight is 462 g/mol. The number of hydrogen-bond acceptors (Lipinski definition) is 7. The van der Waals surface area contributed by atoms with Gasteiger partial charge in [-0.1, -0.05) is 36.4 Å². The first kappa shape index (κ1) is 21.3. The number of nitrogens with zero attached hydrogens (tertiary/aromatic N) is 4. The number of rotatable bonds is 4. The van der Waals surface area contributed by atoms with Crippen molar-refractivity contribution >= 4 is 27.1 Å². The Balaban J connectivity index is 1.60. The van der Waals surface area contributed by atoms with E-state index in [0.717, 1.165) is 22.4 Å². The van der Waals surface area contributed by atoms with Crippen LogP contribution in [-0.4, -0.2) is 45.3 Å². The van der Waals surface area contributed by atoms with E-state index >= 15 is 0 Å². The maximum Gasteiger partial charge on any atom is 0.165 e. The first-order valence-corrected chi connectivity index (χ1v) is 12.6. The van der Waals surface area contributed by atoms with Gasteiger partial charge in [-0.15, -0.1) is 0 Å². The molecule has 1 aliphatic rings. The zero-order valence-electron chi connectivity index (χ0n) is 18.1. The summed E-state index contributed by atoms with van der Waals surface area (Å²) in [4.78, 5) is 21.9. The van der Waals surface area contributed by atoms with E-state index in [2.05, 4.69) is 10.1 Å². The predicted octanol–water partition coefficient (Wildman–Crippen LogP) is 3.54. The molecule has 8 nitrogen and oxygen atoms in total. The summed E-state index contributed by atoms with van der Waals surface area (Å²) in [5, 5.41) is 4.38. The zero-order chi connectivity index (χ0) is 23.2. The van der Waals surface area contributed by atoms with Crippen LogP contribution < -0.4 is 5.73 Å². The summed E-state index contributed by atoms with van der Waals surface area (Å²) in [6.45, 7) is 1.44. The largest absolute Gasteiger partial charge is 0.383 e. The molecule has 0 radical (unpaired) electrons. The van der Waals surface area contributed by atoms with Crippen molar-refractivity contribution in [3.05, 3.63) is 66.1 Å². The highest BCUT2D eigenvalue weighted by atomic mass is 32.2. The van der Waals surface area contributed by atoms with E-state index in [1.54, 1.807) is 12.4 Å². The number of nitrogen functional groups attached to an aromatic ring is 1. The van der Waals surface area contributed by atoms with Gasteiger partial charge in [0.25, 0.3) is 0 Å². The SMILES string of the molecule is CC(=O)c1c(C2CCS(=O)(=O)CC2)nc2c(-c3ccc(-c4ccccc4)nc3)cnn2c1N. The van der Waals surface area contributed by atoms with E-state index in [-0.39, 0.29) is 29.0 Å². The Morgan fingerprint density at radius 3 is 2.39 bits per heavy atom. The number of anilines is 1. The predicted molar refractivity (Wildman–Crippen MR) is 127 cm³/mol. The van der Waals surface area contributed by atoms with Crippen molar-refractivity contribution in [2.24, 2.45) is 0 Å². The molecule has 0 saturated carbocycles. The van der Waals surface area contributed by atoms with E-state index in [1.807, 2.05) is 42.5 Å². The van der Waals surface area contributed by atoms with Crippen LogP contribution in [-0.2, 0) is 9.84 Å². The Morgan fingerprint density at radius 1 is 1.03 bits per heavy atom. The van der Waals surface area contributed by atoms with Crippen LogP contribution in [0.25, 0.3) is 28.0 Å². The van der Waals surface area contributed by atoms with Crippen LogP contribution in [0.3, 0.4) is 0 Å². The van der Waals surface area contributed by atoms with Crippen LogP contribution in [0, 0.1) is 0 Å². The molecule has 4 heterocycles. The molecule has 33 heavy (non-hydrogen) atoms. The summed E-state index contributed by atoms with van der Waals surface area (Å²) >= 11 is 0. The fraction of sp³-hybridized carbons (Fsp3) is 0.250. The highest BCUT2D eigenvalue weighted by Gasteiger charge is 2.30. The number of nitrogens with two attached hydrogens (primary N) is 1. The lowest BCUT2D eigenvalue weighted by Crippen LogP contribution is -2.25. The lowest BCUT2D eigenvalue weighted by atomic mass is 9.93. The second-order valence-corrected chi connectivity index (χ2v) is 10.6. The Morgan fingerprint density at radius 2 is 1.76 bits per heavy atom. The molecule has 2 N–H and O–H groups in total. The summed E-state index contributed by atoms with van der Waals surface area (Å²) in [6.07, 6.45) is 4.27. The van der Waals surface area contributed by atoms with Crippen LogP contribution in [0.4, 0.5) is 5.82 Å². The third-order valence-corrected chi connectivity index (χ3v) is 7.86. The van der Waals surface area contributed by atoms with E-state index in [0.29, 0.717) is 29.7 Å². The van der Waals surface area contributed by atoms with E-state index < -0.39 is 9.84 Å². The smallest absolute Gasteiger partial charge is 0.165 e. The third kappa shape index (κ3) is 3.89. The molecule has 9 heteroatoms. The number of carbonyl (C=O) groups excluding carboxylic acids is 1. The quantitative estimate of drug-likeness (QED) is 0.462. The van der Waals surface area contributed by atoms with Gasteiger partial charge in [-0.05, 0) is 25.8 Å². The minimum absolute atomic E-state index is 0.0821.